The van der Waals surface area contributed by atoms with Gasteiger partial charge in [0, 0.05) is 23.2 Å². The van der Waals surface area contributed by atoms with Gasteiger partial charge < -0.3 is 5.32 Å². The first-order valence-corrected chi connectivity index (χ1v) is 6.47. The third-order valence-corrected chi connectivity index (χ3v) is 3.53. The monoisotopic (exact) mass is 319 g/mol. The number of anilines is 1. The Bertz CT molecular complexity index is 602. The van der Waals surface area contributed by atoms with Gasteiger partial charge in [-0.15, -0.1) is 0 Å². The van der Waals surface area contributed by atoms with E-state index in [-0.39, 0.29) is 12.1 Å². The molecule has 0 atom stereocenters. The van der Waals surface area contributed by atoms with E-state index < -0.39 is 17.5 Å². The minimum Gasteiger partial charge on any atom is -0.380 e. The van der Waals surface area contributed by atoms with Crippen LogP contribution in [0.5, 0.6) is 0 Å². The number of hydrogen-bond acceptors (Lipinski definition) is 1. The van der Waals surface area contributed by atoms with E-state index in [0.717, 1.165) is 11.6 Å². The minimum atomic E-state index is -1.22. The molecule has 0 amide bonds. The Hall–Kier alpha value is -1.39. The molecule has 0 aliphatic heterocycles. The molecule has 0 fully saturated rings. The lowest BCUT2D eigenvalue weighted by atomic mass is 10.2. The van der Waals surface area contributed by atoms with Crippen LogP contribution in [0.3, 0.4) is 0 Å². The molecule has 0 radical (unpaired) electrons. The summed E-state index contributed by atoms with van der Waals surface area (Å²) in [6.07, 6.45) is 0. The van der Waals surface area contributed by atoms with Crippen LogP contribution in [0.1, 0.15) is 11.1 Å². The fourth-order valence-corrected chi connectivity index (χ4v) is 2.12. The predicted molar refractivity (Wildman–Crippen MR) is 74.8 cm³/mol. The number of aryl methyl sites for hydroxylation is 1. The van der Waals surface area contributed by atoms with Crippen LogP contribution < -0.4 is 5.32 Å². The highest BCUT2D eigenvalue weighted by Gasteiger charge is 2.11. The van der Waals surface area contributed by atoms with Crippen LogP contribution in [0.4, 0.5) is 18.9 Å². The molecule has 2 aromatic rings. The van der Waals surface area contributed by atoms with Crippen LogP contribution in [0.25, 0.3) is 0 Å². The van der Waals surface area contributed by atoms with Gasteiger partial charge in [0.15, 0.2) is 11.6 Å². The maximum atomic E-state index is 13.5. The molecule has 106 valence electrons. The van der Waals surface area contributed by atoms with Crippen molar-refractivity contribution in [3.05, 3.63) is 62.9 Å². The van der Waals surface area contributed by atoms with Gasteiger partial charge in [-0.1, -0.05) is 23.2 Å². The van der Waals surface area contributed by atoms with Crippen LogP contribution in [-0.2, 0) is 6.54 Å². The zero-order valence-corrected chi connectivity index (χ0v) is 11.9. The van der Waals surface area contributed by atoms with Crippen molar-refractivity contribution >= 4 is 28.9 Å². The van der Waals surface area contributed by atoms with Crippen LogP contribution in [0.2, 0.25) is 10.0 Å². The Balaban J connectivity index is 2.21. The summed E-state index contributed by atoms with van der Waals surface area (Å²) in [7, 11) is 0. The predicted octanol–water partition coefficient (Wildman–Crippen LogP) is 5.33. The normalized spacial score (nSPS) is 10.7. The average molecular weight is 320 g/mol. The Morgan fingerprint density at radius 2 is 1.55 bits per heavy atom. The number of rotatable bonds is 3. The minimum absolute atomic E-state index is 0.00309. The van der Waals surface area contributed by atoms with Gasteiger partial charge >= 0.3 is 0 Å². The summed E-state index contributed by atoms with van der Waals surface area (Å²) < 4.78 is 39.3. The van der Waals surface area contributed by atoms with Gasteiger partial charge in [-0.2, -0.15) is 0 Å². The second-order valence-corrected chi connectivity index (χ2v) is 5.11. The van der Waals surface area contributed by atoms with E-state index in [2.05, 4.69) is 5.32 Å². The van der Waals surface area contributed by atoms with Crippen LogP contribution >= 0.6 is 23.2 Å². The van der Waals surface area contributed by atoms with Crippen LogP contribution in [0, 0.1) is 24.4 Å². The summed E-state index contributed by atoms with van der Waals surface area (Å²) in [4.78, 5) is 0. The topological polar surface area (TPSA) is 12.0 Å². The molecule has 0 aliphatic carbocycles. The van der Waals surface area contributed by atoms with Crippen molar-refractivity contribution in [2.24, 2.45) is 0 Å². The summed E-state index contributed by atoms with van der Waals surface area (Å²) in [5.74, 6) is -3.15. The highest BCUT2D eigenvalue weighted by atomic mass is 35.5. The number of halogens is 5. The highest BCUT2D eigenvalue weighted by Crippen LogP contribution is 2.29. The van der Waals surface area contributed by atoms with E-state index in [1.54, 1.807) is 19.1 Å². The molecule has 0 bridgehead atoms. The van der Waals surface area contributed by atoms with Crippen molar-refractivity contribution in [1.82, 2.24) is 0 Å². The van der Waals surface area contributed by atoms with E-state index in [9.17, 15) is 13.2 Å². The SMILES string of the molecule is Cc1cc(Cl)c(NCc2cc(F)c(F)cc2F)cc1Cl. The maximum Gasteiger partial charge on any atom is 0.161 e. The Kier molecular flexibility index (Phi) is 4.45. The highest BCUT2D eigenvalue weighted by molar-refractivity contribution is 6.35. The molecular formula is C14H10Cl2F3N. The second-order valence-electron chi connectivity index (χ2n) is 4.29. The Morgan fingerprint density at radius 3 is 2.25 bits per heavy atom. The summed E-state index contributed by atoms with van der Waals surface area (Å²) >= 11 is 12.0. The van der Waals surface area contributed by atoms with Gasteiger partial charge in [-0.05, 0) is 30.7 Å². The maximum absolute atomic E-state index is 13.5. The first kappa shape index (κ1) is 15.0. The summed E-state index contributed by atoms with van der Waals surface area (Å²) in [6.45, 7) is 1.76. The molecule has 6 heteroatoms. The van der Waals surface area contributed by atoms with Gasteiger partial charge in [0.2, 0.25) is 0 Å². The molecule has 0 aromatic heterocycles. The summed E-state index contributed by atoms with van der Waals surface area (Å²) in [5.41, 5.74) is 1.30. The number of benzene rings is 2. The van der Waals surface area contributed by atoms with Crippen molar-refractivity contribution in [1.29, 1.82) is 0 Å². The van der Waals surface area contributed by atoms with Crippen molar-refractivity contribution in [2.45, 2.75) is 13.5 Å². The van der Waals surface area contributed by atoms with E-state index in [4.69, 9.17) is 23.2 Å². The van der Waals surface area contributed by atoms with E-state index in [1.807, 2.05) is 0 Å². The lowest BCUT2D eigenvalue weighted by molar-refractivity contribution is 0.490. The third kappa shape index (κ3) is 3.19. The smallest absolute Gasteiger partial charge is 0.161 e. The molecule has 0 heterocycles. The summed E-state index contributed by atoms with van der Waals surface area (Å²) in [6, 6.07) is 4.57. The Morgan fingerprint density at radius 1 is 0.900 bits per heavy atom. The lowest BCUT2D eigenvalue weighted by Crippen LogP contribution is -2.04. The van der Waals surface area contributed by atoms with Crippen molar-refractivity contribution in [3.8, 4) is 0 Å². The first-order chi connectivity index (χ1) is 9.38. The molecule has 0 unspecified atom stereocenters. The van der Waals surface area contributed by atoms with Crippen LogP contribution in [-0.4, -0.2) is 0 Å². The largest absolute Gasteiger partial charge is 0.380 e. The van der Waals surface area contributed by atoms with Gasteiger partial charge in [-0.25, -0.2) is 13.2 Å². The van der Waals surface area contributed by atoms with Crippen molar-refractivity contribution in [2.75, 3.05) is 5.32 Å². The third-order valence-electron chi connectivity index (χ3n) is 2.81. The molecule has 2 aromatic carbocycles. The van der Waals surface area contributed by atoms with Crippen molar-refractivity contribution < 1.29 is 13.2 Å². The molecule has 0 aliphatic rings. The molecule has 1 N–H and O–H groups in total. The van der Waals surface area contributed by atoms with Gasteiger partial charge in [0.05, 0.1) is 10.7 Å². The molecule has 0 saturated carbocycles. The van der Waals surface area contributed by atoms with Gasteiger partial charge in [0.1, 0.15) is 5.82 Å². The number of nitrogens with one attached hydrogen (secondary N) is 1. The van der Waals surface area contributed by atoms with Crippen molar-refractivity contribution in [3.63, 3.8) is 0 Å². The molecule has 2 rings (SSSR count). The number of hydrogen-bond donors (Lipinski definition) is 1. The molecule has 0 saturated heterocycles. The quantitative estimate of drug-likeness (QED) is 0.754. The molecule has 20 heavy (non-hydrogen) atoms. The van der Waals surface area contributed by atoms with E-state index >= 15 is 0 Å². The lowest BCUT2D eigenvalue weighted by Gasteiger charge is -2.11. The fourth-order valence-electron chi connectivity index (χ4n) is 1.67. The van der Waals surface area contributed by atoms with E-state index in [0.29, 0.717) is 21.8 Å². The van der Waals surface area contributed by atoms with E-state index in [1.165, 1.54) is 0 Å². The summed E-state index contributed by atoms with van der Waals surface area (Å²) in [5, 5.41) is 3.75. The molecule has 0 spiro atoms. The fraction of sp³-hybridized carbons (Fsp3) is 0.143. The zero-order valence-electron chi connectivity index (χ0n) is 10.4. The first-order valence-electron chi connectivity index (χ1n) is 5.71. The van der Waals surface area contributed by atoms with Gasteiger partial charge in [0.25, 0.3) is 0 Å². The van der Waals surface area contributed by atoms with Crippen LogP contribution in [0.15, 0.2) is 24.3 Å². The second kappa shape index (κ2) is 5.94. The standard InChI is InChI=1S/C14H10Cl2F3N/c1-7-2-10(16)14(4-9(7)15)20-6-8-3-12(18)13(19)5-11(8)17/h2-5,20H,6H2,1H3. The molecule has 1 nitrogen and oxygen atoms in total. The Labute approximate surface area is 124 Å². The van der Waals surface area contributed by atoms with Gasteiger partial charge in [-0.3, -0.25) is 0 Å². The molecular weight excluding hydrogens is 310 g/mol. The zero-order chi connectivity index (χ0) is 14.9. The average Bonchev–Trinajstić information content (AvgIpc) is 2.37.